The first-order chi connectivity index (χ1) is 7.91. The highest BCUT2D eigenvalue weighted by molar-refractivity contribution is 6.01. The van der Waals surface area contributed by atoms with Crippen LogP contribution in [0.1, 0.15) is 35.5 Å². The van der Waals surface area contributed by atoms with Crippen molar-refractivity contribution >= 4 is 16.7 Å². The molecule has 0 bridgehead atoms. The zero-order valence-corrected chi connectivity index (χ0v) is 11.2. The fourth-order valence-electron chi connectivity index (χ4n) is 2.32. The van der Waals surface area contributed by atoms with E-state index in [0.717, 1.165) is 11.2 Å². The predicted molar refractivity (Wildman–Crippen MR) is 71.6 cm³/mol. The SMILES string of the molecule is Cc1cc(C)c2cc(C(=O)C(C)C)n(C)c2c1. The fraction of sp³-hybridized carbons (Fsp3) is 0.400. The molecule has 0 N–H and O–H groups in total. The summed E-state index contributed by atoms with van der Waals surface area (Å²) in [4.78, 5) is 12.1. The van der Waals surface area contributed by atoms with Crippen LogP contribution in [0.4, 0.5) is 0 Å². The number of aryl methyl sites for hydroxylation is 3. The number of fused-ring (bicyclic) bond motifs is 1. The maximum absolute atomic E-state index is 12.1. The zero-order valence-electron chi connectivity index (χ0n) is 11.2. The third kappa shape index (κ3) is 1.88. The molecule has 90 valence electrons. The second-order valence-corrected chi connectivity index (χ2v) is 5.12. The first-order valence-electron chi connectivity index (χ1n) is 6.02. The lowest BCUT2D eigenvalue weighted by Gasteiger charge is -2.06. The molecule has 0 radical (unpaired) electrons. The largest absolute Gasteiger partial charge is 0.341 e. The second-order valence-electron chi connectivity index (χ2n) is 5.12. The van der Waals surface area contributed by atoms with Gasteiger partial charge in [-0.25, -0.2) is 0 Å². The molecule has 0 atom stereocenters. The van der Waals surface area contributed by atoms with Crippen molar-refractivity contribution in [3.63, 3.8) is 0 Å². The lowest BCUT2D eigenvalue weighted by Crippen LogP contribution is -2.11. The Labute approximate surface area is 102 Å². The molecule has 2 rings (SSSR count). The fourth-order valence-corrected chi connectivity index (χ4v) is 2.32. The van der Waals surface area contributed by atoms with Crippen LogP contribution in [0.2, 0.25) is 0 Å². The van der Waals surface area contributed by atoms with Crippen molar-refractivity contribution in [2.45, 2.75) is 27.7 Å². The first kappa shape index (κ1) is 11.9. The van der Waals surface area contributed by atoms with Crippen LogP contribution in [-0.2, 0) is 7.05 Å². The van der Waals surface area contributed by atoms with E-state index in [1.807, 2.05) is 31.5 Å². The van der Waals surface area contributed by atoms with Crippen molar-refractivity contribution in [1.82, 2.24) is 4.57 Å². The van der Waals surface area contributed by atoms with E-state index in [-0.39, 0.29) is 11.7 Å². The molecule has 0 amide bonds. The van der Waals surface area contributed by atoms with E-state index in [2.05, 4.69) is 26.0 Å². The van der Waals surface area contributed by atoms with Crippen molar-refractivity contribution in [3.8, 4) is 0 Å². The topological polar surface area (TPSA) is 22.0 Å². The van der Waals surface area contributed by atoms with Gasteiger partial charge in [0.05, 0.1) is 5.69 Å². The zero-order chi connectivity index (χ0) is 12.7. The highest BCUT2D eigenvalue weighted by Crippen LogP contribution is 2.25. The van der Waals surface area contributed by atoms with Crippen LogP contribution in [0.3, 0.4) is 0 Å². The van der Waals surface area contributed by atoms with Crippen molar-refractivity contribution in [2.75, 3.05) is 0 Å². The number of rotatable bonds is 2. The third-order valence-electron chi connectivity index (χ3n) is 3.29. The van der Waals surface area contributed by atoms with Crippen LogP contribution in [0.25, 0.3) is 10.9 Å². The van der Waals surface area contributed by atoms with Crippen molar-refractivity contribution in [2.24, 2.45) is 13.0 Å². The summed E-state index contributed by atoms with van der Waals surface area (Å²) in [5.41, 5.74) is 4.42. The van der Waals surface area contributed by atoms with Gasteiger partial charge in [-0.05, 0) is 37.1 Å². The van der Waals surface area contributed by atoms with Gasteiger partial charge >= 0.3 is 0 Å². The second kappa shape index (κ2) is 4.02. The average Bonchev–Trinajstić information content (AvgIpc) is 2.56. The molecular formula is C15H19NO. The van der Waals surface area contributed by atoms with E-state index < -0.39 is 0 Å². The summed E-state index contributed by atoms with van der Waals surface area (Å²) in [5, 5.41) is 1.18. The number of ketones is 1. The van der Waals surface area contributed by atoms with Gasteiger partial charge in [0.1, 0.15) is 0 Å². The molecule has 0 aliphatic heterocycles. The van der Waals surface area contributed by atoms with Gasteiger partial charge in [0.2, 0.25) is 0 Å². The molecule has 0 saturated heterocycles. The Kier molecular flexibility index (Phi) is 2.82. The Morgan fingerprint density at radius 3 is 2.41 bits per heavy atom. The summed E-state index contributed by atoms with van der Waals surface area (Å²) in [6.07, 6.45) is 0. The van der Waals surface area contributed by atoms with Crippen molar-refractivity contribution < 1.29 is 4.79 Å². The molecule has 2 aromatic rings. The number of carbonyl (C=O) groups excluding carboxylic acids is 1. The van der Waals surface area contributed by atoms with Gasteiger partial charge in [0.15, 0.2) is 5.78 Å². The first-order valence-corrected chi connectivity index (χ1v) is 6.02. The Morgan fingerprint density at radius 1 is 1.18 bits per heavy atom. The maximum Gasteiger partial charge on any atom is 0.181 e. The van der Waals surface area contributed by atoms with Gasteiger partial charge in [-0.15, -0.1) is 0 Å². The molecule has 1 aromatic heterocycles. The number of aromatic nitrogens is 1. The van der Waals surface area contributed by atoms with Gasteiger partial charge in [-0.3, -0.25) is 4.79 Å². The van der Waals surface area contributed by atoms with Crippen LogP contribution in [0, 0.1) is 19.8 Å². The molecule has 2 nitrogen and oxygen atoms in total. The average molecular weight is 229 g/mol. The van der Waals surface area contributed by atoms with Crippen molar-refractivity contribution in [1.29, 1.82) is 0 Å². The predicted octanol–water partition coefficient (Wildman–Crippen LogP) is 3.63. The van der Waals surface area contributed by atoms with Crippen molar-refractivity contribution in [3.05, 3.63) is 35.0 Å². The monoisotopic (exact) mass is 229 g/mol. The quantitative estimate of drug-likeness (QED) is 0.721. The third-order valence-corrected chi connectivity index (χ3v) is 3.29. The summed E-state index contributed by atoms with van der Waals surface area (Å²) in [5.74, 6) is 0.250. The molecule has 2 heteroatoms. The Morgan fingerprint density at radius 2 is 1.82 bits per heavy atom. The van der Waals surface area contributed by atoms with E-state index >= 15 is 0 Å². The van der Waals surface area contributed by atoms with Crippen LogP contribution < -0.4 is 0 Å². The molecule has 0 unspecified atom stereocenters. The van der Waals surface area contributed by atoms with E-state index in [1.165, 1.54) is 16.5 Å². The van der Waals surface area contributed by atoms with E-state index in [0.29, 0.717) is 0 Å². The molecule has 0 fully saturated rings. The van der Waals surface area contributed by atoms with Crippen LogP contribution >= 0.6 is 0 Å². The Hall–Kier alpha value is -1.57. The smallest absolute Gasteiger partial charge is 0.181 e. The summed E-state index contributed by atoms with van der Waals surface area (Å²) in [6, 6.07) is 6.32. The number of hydrogen-bond donors (Lipinski definition) is 0. The molecule has 17 heavy (non-hydrogen) atoms. The number of nitrogens with zero attached hydrogens (tertiary/aromatic N) is 1. The minimum absolute atomic E-state index is 0.0411. The van der Waals surface area contributed by atoms with Gasteiger partial charge in [-0.1, -0.05) is 19.9 Å². The van der Waals surface area contributed by atoms with E-state index in [9.17, 15) is 4.79 Å². The number of benzene rings is 1. The Balaban J connectivity index is 2.73. The van der Waals surface area contributed by atoms with Gasteiger partial charge in [0, 0.05) is 23.9 Å². The highest BCUT2D eigenvalue weighted by Gasteiger charge is 2.17. The van der Waals surface area contributed by atoms with Gasteiger partial charge in [-0.2, -0.15) is 0 Å². The normalized spacial score (nSPS) is 11.4. The number of Topliss-reactive ketones (excluding diaryl/α,β-unsaturated/α-hetero) is 1. The molecule has 1 aromatic carbocycles. The number of carbonyl (C=O) groups is 1. The lowest BCUT2D eigenvalue weighted by atomic mass is 10.1. The van der Waals surface area contributed by atoms with Crippen LogP contribution in [0.5, 0.6) is 0 Å². The summed E-state index contributed by atoms with van der Waals surface area (Å²) < 4.78 is 2.01. The van der Waals surface area contributed by atoms with Crippen LogP contribution in [0.15, 0.2) is 18.2 Å². The van der Waals surface area contributed by atoms with Gasteiger partial charge < -0.3 is 4.57 Å². The minimum Gasteiger partial charge on any atom is -0.341 e. The maximum atomic E-state index is 12.1. The summed E-state index contributed by atoms with van der Waals surface area (Å²) in [7, 11) is 1.97. The molecule has 0 aliphatic rings. The van der Waals surface area contributed by atoms with E-state index in [1.54, 1.807) is 0 Å². The lowest BCUT2D eigenvalue weighted by molar-refractivity contribution is 0.0931. The molecular weight excluding hydrogens is 210 g/mol. The number of hydrogen-bond acceptors (Lipinski definition) is 1. The van der Waals surface area contributed by atoms with Gasteiger partial charge in [0.25, 0.3) is 0 Å². The molecule has 0 aliphatic carbocycles. The van der Waals surface area contributed by atoms with Crippen LogP contribution in [-0.4, -0.2) is 10.4 Å². The summed E-state index contributed by atoms with van der Waals surface area (Å²) >= 11 is 0. The summed E-state index contributed by atoms with van der Waals surface area (Å²) in [6.45, 7) is 8.07. The molecule has 1 heterocycles. The Bertz CT molecular complexity index is 590. The van der Waals surface area contributed by atoms with E-state index in [4.69, 9.17) is 0 Å². The molecule has 0 saturated carbocycles. The standard InChI is InChI=1S/C15H19NO/c1-9(2)15(17)14-8-12-11(4)6-10(3)7-13(12)16(14)5/h6-9H,1-5H3. The highest BCUT2D eigenvalue weighted by atomic mass is 16.1. The molecule has 0 spiro atoms. The minimum atomic E-state index is 0.0411.